The number of rotatable bonds is 27. The minimum absolute atomic E-state index is 0.0621. The molecular weight excluding hydrogens is 747 g/mol. The molecule has 0 atom stereocenters. The molecule has 3 amide bonds. The van der Waals surface area contributed by atoms with Crippen molar-refractivity contribution in [2.45, 2.75) is 117 Å². The molecule has 0 bridgehead atoms. The molecule has 0 radical (unpaired) electrons. The third-order valence-electron chi connectivity index (χ3n) is 10.00. The van der Waals surface area contributed by atoms with E-state index < -0.39 is 51.3 Å². The van der Waals surface area contributed by atoms with E-state index in [4.69, 9.17) is 0 Å². The largest absolute Gasteiger partial charge is 0.503 e. The summed E-state index contributed by atoms with van der Waals surface area (Å²) >= 11 is 0. The number of aryl methyl sites for hydroxylation is 3. The van der Waals surface area contributed by atoms with E-state index in [2.05, 4.69) is 36.7 Å². The number of carbonyl (C=O) groups is 3. The van der Waals surface area contributed by atoms with Gasteiger partial charge in [0.05, 0.1) is 0 Å². The van der Waals surface area contributed by atoms with Crippen LogP contribution in [0.3, 0.4) is 0 Å². The van der Waals surface area contributed by atoms with E-state index in [9.17, 15) is 44.1 Å². The topological polar surface area (TPSA) is 217 Å². The van der Waals surface area contributed by atoms with Crippen LogP contribution < -0.4 is 32.2 Å². The summed E-state index contributed by atoms with van der Waals surface area (Å²) in [6, 6.07) is 3.66. The molecule has 3 aromatic heterocycles. The van der Waals surface area contributed by atoms with Crippen LogP contribution in [0.4, 0.5) is 0 Å². The number of nitrogens with zero attached hydrogens (tertiary/aromatic N) is 4. The van der Waals surface area contributed by atoms with Gasteiger partial charge in [-0.15, -0.1) is 0 Å². The molecule has 3 rings (SSSR count). The predicted octanol–water partition coefficient (Wildman–Crippen LogP) is 3.92. The number of unbranched alkanes of at least 4 members (excludes halogenated alkanes) is 9. The van der Waals surface area contributed by atoms with E-state index in [1.165, 1.54) is 36.8 Å². The first kappa shape index (κ1) is 47.0. The van der Waals surface area contributed by atoms with Crippen LogP contribution >= 0.6 is 0 Å². The predicted molar refractivity (Wildman–Crippen MR) is 223 cm³/mol. The van der Waals surface area contributed by atoms with E-state index in [0.717, 1.165) is 77.0 Å². The van der Waals surface area contributed by atoms with Crippen LogP contribution in [0, 0.1) is 0 Å². The molecule has 0 saturated heterocycles. The molecule has 16 nitrogen and oxygen atoms in total. The molecule has 0 aromatic carbocycles. The third kappa shape index (κ3) is 14.2. The summed E-state index contributed by atoms with van der Waals surface area (Å²) < 4.78 is 4.69. The first-order valence-electron chi connectivity index (χ1n) is 20.8. The van der Waals surface area contributed by atoms with Crippen molar-refractivity contribution in [2.75, 3.05) is 39.3 Å². The minimum Gasteiger partial charge on any atom is -0.503 e. The Morgan fingerprint density at radius 1 is 0.483 bits per heavy atom. The normalized spacial score (nSPS) is 11.2. The second-order valence-electron chi connectivity index (χ2n) is 14.5. The van der Waals surface area contributed by atoms with Crippen LogP contribution in [0.2, 0.25) is 0 Å². The van der Waals surface area contributed by atoms with Crippen LogP contribution in [-0.4, -0.2) is 90.9 Å². The summed E-state index contributed by atoms with van der Waals surface area (Å²) in [6.07, 6.45) is 15.6. The Hall–Kier alpha value is -5.38. The van der Waals surface area contributed by atoms with Crippen molar-refractivity contribution in [3.05, 3.63) is 84.5 Å². The number of carbonyl (C=O) groups excluding carboxylic acids is 3. The van der Waals surface area contributed by atoms with Gasteiger partial charge in [-0.25, -0.2) is 0 Å². The zero-order valence-electron chi connectivity index (χ0n) is 34.4. The fraction of sp³-hybridized carbons (Fsp3) is 0.571. The molecule has 3 heterocycles. The highest BCUT2D eigenvalue weighted by atomic mass is 16.3. The second kappa shape index (κ2) is 25.1. The molecular formula is C42H63N7O9. The van der Waals surface area contributed by atoms with Crippen molar-refractivity contribution in [2.24, 2.45) is 0 Å². The van der Waals surface area contributed by atoms with E-state index in [1.807, 2.05) is 4.90 Å². The number of nitrogens with one attached hydrogen (secondary N) is 3. The summed E-state index contributed by atoms with van der Waals surface area (Å²) in [4.78, 5) is 78.8. The number of aromatic nitrogens is 3. The average molecular weight is 810 g/mol. The molecule has 16 heteroatoms. The highest BCUT2D eigenvalue weighted by Gasteiger charge is 2.22. The molecule has 0 saturated carbocycles. The van der Waals surface area contributed by atoms with Gasteiger partial charge in [0, 0.05) is 95.7 Å². The van der Waals surface area contributed by atoms with Crippen molar-refractivity contribution in [3.63, 3.8) is 0 Å². The van der Waals surface area contributed by atoms with Crippen molar-refractivity contribution in [3.8, 4) is 17.2 Å². The fourth-order valence-corrected chi connectivity index (χ4v) is 6.66. The number of amides is 3. The Morgan fingerprint density at radius 2 is 0.759 bits per heavy atom. The first-order chi connectivity index (χ1) is 27.9. The molecule has 0 aliphatic heterocycles. The number of pyridine rings is 3. The lowest BCUT2D eigenvalue weighted by molar-refractivity contribution is 0.0934. The van der Waals surface area contributed by atoms with Crippen molar-refractivity contribution < 1.29 is 29.7 Å². The summed E-state index contributed by atoms with van der Waals surface area (Å²) in [7, 11) is 0. The van der Waals surface area contributed by atoms with Crippen molar-refractivity contribution in [1.82, 2.24) is 34.6 Å². The van der Waals surface area contributed by atoms with E-state index in [-0.39, 0.29) is 56.4 Å². The molecule has 58 heavy (non-hydrogen) atoms. The molecule has 3 aromatic rings. The first-order valence-corrected chi connectivity index (χ1v) is 20.8. The Labute approximate surface area is 339 Å². The lowest BCUT2D eigenvalue weighted by Gasteiger charge is -2.24. The van der Waals surface area contributed by atoms with Crippen LogP contribution in [0.5, 0.6) is 17.2 Å². The van der Waals surface area contributed by atoms with E-state index in [1.54, 1.807) is 13.7 Å². The second-order valence-corrected chi connectivity index (χ2v) is 14.5. The van der Waals surface area contributed by atoms with Gasteiger partial charge in [-0.1, -0.05) is 78.6 Å². The van der Waals surface area contributed by atoms with Crippen LogP contribution in [0.15, 0.2) is 51.2 Å². The van der Waals surface area contributed by atoms with Crippen LogP contribution in [-0.2, 0) is 19.6 Å². The molecule has 0 aliphatic rings. The summed E-state index contributed by atoms with van der Waals surface area (Å²) in [5.41, 5.74) is -2.43. The maximum atomic E-state index is 13.4. The maximum absolute atomic E-state index is 13.4. The van der Waals surface area contributed by atoms with Gasteiger partial charge in [-0.2, -0.15) is 0 Å². The molecule has 0 spiro atoms. The monoisotopic (exact) mass is 809 g/mol. The number of aromatic hydroxyl groups is 3. The highest BCUT2D eigenvalue weighted by molar-refractivity contribution is 5.96. The standard InChI is InChI=1S/C42H63N7O9/c1-4-7-10-13-22-47-25-16-31(50)37(53)34(47)40(56)43-19-28-46(29-20-44-41(57)35-38(54)32(51)17-26-48(35)23-14-11-8-5-2)30-21-45-42(58)36-39(55)33(52)18-27-49(36)24-15-12-9-6-3/h16-18,25-27,53-55H,4-15,19-24,28-30H2,1-3H3,(H,43,56)(H,44,57)(H,45,58). The fourth-order valence-electron chi connectivity index (χ4n) is 6.66. The Morgan fingerprint density at radius 3 is 1.02 bits per heavy atom. The van der Waals surface area contributed by atoms with Gasteiger partial charge in [-0.3, -0.25) is 33.7 Å². The molecule has 0 aliphatic carbocycles. The number of hydrogen-bond acceptors (Lipinski definition) is 10. The maximum Gasteiger partial charge on any atom is 0.271 e. The van der Waals surface area contributed by atoms with Gasteiger partial charge < -0.3 is 45.0 Å². The lowest BCUT2D eigenvalue weighted by atomic mass is 10.2. The zero-order chi connectivity index (χ0) is 42.5. The Bertz CT molecular complexity index is 1750. The van der Waals surface area contributed by atoms with Crippen LogP contribution in [0.25, 0.3) is 0 Å². The van der Waals surface area contributed by atoms with Crippen molar-refractivity contribution >= 4 is 17.7 Å². The molecule has 0 unspecified atom stereocenters. The SMILES string of the molecule is CCCCCCn1ccc(=O)c(O)c1C(=O)NCCN(CCNC(=O)c1c(O)c(=O)ccn1CCCCCC)CCNC(=O)c1c(O)c(=O)ccn1CCCCCC. The quantitative estimate of drug-likeness (QED) is 0.0610. The van der Waals surface area contributed by atoms with Gasteiger partial charge in [0.15, 0.2) is 34.3 Å². The Kier molecular flexibility index (Phi) is 20.3. The highest BCUT2D eigenvalue weighted by Crippen LogP contribution is 2.16. The molecule has 320 valence electrons. The molecule has 0 fully saturated rings. The Balaban J connectivity index is 1.75. The van der Waals surface area contributed by atoms with Crippen molar-refractivity contribution in [1.29, 1.82) is 0 Å². The van der Waals surface area contributed by atoms with Gasteiger partial charge in [0.25, 0.3) is 17.7 Å². The van der Waals surface area contributed by atoms with Crippen LogP contribution in [0.1, 0.15) is 129 Å². The average Bonchev–Trinajstić information content (AvgIpc) is 3.20. The van der Waals surface area contributed by atoms with Gasteiger partial charge >= 0.3 is 0 Å². The summed E-state index contributed by atoms with van der Waals surface area (Å²) in [6.45, 7) is 8.39. The van der Waals surface area contributed by atoms with E-state index in [0.29, 0.717) is 19.6 Å². The van der Waals surface area contributed by atoms with Gasteiger partial charge in [0.2, 0.25) is 16.3 Å². The summed E-state index contributed by atoms with van der Waals surface area (Å²) in [5, 5.41) is 40.0. The smallest absolute Gasteiger partial charge is 0.271 e. The van der Waals surface area contributed by atoms with E-state index >= 15 is 0 Å². The lowest BCUT2D eigenvalue weighted by Crippen LogP contribution is -2.43. The minimum atomic E-state index is -0.672. The van der Waals surface area contributed by atoms with Gasteiger partial charge in [-0.05, 0) is 19.3 Å². The third-order valence-corrected chi connectivity index (χ3v) is 10.00. The summed E-state index contributed by atoms with van der Waals surface area (Å²) in [5.74, 6) is -3.84. The molecule has 6 N–H and O–H groups in total. The number of hydrogen-bond donors (Lipinski definition) is 6. The van der Waals surface area contributed by atoms with Gasteiger partial charge in [0.1, 0.15) is 0 Å². The zero-order valence-corrected chi connectivity index (χ0v) is 34.4.